The highest BCUT2D eigenvalue weighted by Crippen LogP contribution is 2.10. The summed E-state index contributed by atoms with van der Waals surface area (Å²) >= 11 is 0. The largest absolute Gasteiger partial charge is 0.347 e. The van der Waals surface area contributed by atoms with Crippen molar-refractivity contribution in [3.05, 3.63) is 0 Å². The van der Waals surface area contributed by atoms with Crippen LogP contribution < -0.4 is 11.1 Å². The molecular formula is C13H25N3O2. The highest BCUT2D eigenvalue weighted by atomic mass is 16.2. The van der Waals surface area contributed by atoms with Gasteiger partial charge < -0.3 is 16.0 Å². The van der Waals surface area contributed by atoms with Crippen molar-refractivity contribution in [1.29, 1.82) is 0 Å². The Morgan fingerprint density at radius 1 is 1.22 bits per heavy atom. The van der Waals surface area contributed by atoms with Crippen molar-refractivity contribution >= 4 is 11.8 Å². The molecule has 104 valence electrons. The second-order valence-corrected chi connectivity index (χ2v) is 5.25. The van der Waals surface area contributed by atoms with Crippen molar-refractivity contribution in [1.82, 2.24) is 10.2 Å². The van der Waals surface area contributed by atoms with Crippen LogP contribution in [0, 0.1) is 11.8 Å². The summed E-state index contributed by atoms with van der Waals surface area (Å²) in [7, 11) is 0. The summed E-state index contributed by atoms with van der Waals surface area (Å²) in [5.74, 6) is -0.111. The zero-order valence-electron chi connectivity index (χ0n) is 11.4. The standard InChI is InChI=1S/C13H25N3O2/c1-10(2)11(8-14)13(18)15-9-12(17)16-6-4-3-5-7-16/h10-11H,3-9,14H2,1-2H3,(H,15,18). The van der Waals surface area contributed by atoms with Crippen LogP contribution in [0.1, 0.15) is 33.1 Å². The lowest BCUT2D eigenvalue weighted by Gasteiger charge is -2.27. The molecule has 0 radical (unpaired) electrons. The van der Waals surface area contributed by atoms with E-state index < -0.39 is 0 Å². The Labute approximate surface area is 109 Å². The average molecular weight is 255 g/mol. The molecule has 0 aliphatic carbocycles. The van der Waals surface area contributed by atoms with Crippen LogP contribution in [0.25, 0.3) is 0 Å². The van der Waals surface area contributed by atoms with E-state index in [9.17, 15) is 9.59 Å². The third-order valence-electron chi connectivity index (χ3n) is 3.52. The molecule has 2 amide bonds. The predicted molar refractivity (Wildman–Crippen MR) is 70.8 cm³/mol. The summed E-state index contributed by atoms with van der Waals surface area (Å²) in [6.07, 6.45) is 3.33. The molecule has 1 heterocycles. The van der Waals surface area contributed by atoms with Gasteiger partial charge in [0.05, 0.1) is 12.5 Å². The first-order valence-electron chi connectivity index (χ1n) is 6.81. The maximum Gasteiger partial charge on any atom is 0.241 e. The molecule has 0 aromatic rings. The Morgan fingerprint density at radius 2 is 1.83 bits per heavy atom. The van der Waals surface area contributed by atoms with Gasteiger partial charge in [0.15, 0.2) is 0 Å². The third kappa shape index (κ3) is 4.29. The van der Waals surface area contributed by atoms with Crippen LogP contribution >= 0.6 is 0 Å². The molecule has 18 heavy (non-hydrogen) atoms. The zero-order chi connectivity index (χ0) is 13.5. The molecule has 0 aromatic heterocycles. The van der Waals surface area contributed by atoms with E-state index in [1.165, 1.54) is 6.42 Å². The van der Waals surface area contributed by atoms with Crippen LogP contribution in [0.2, 0.25) is 0 Å². The van der Waals surface area contributed by atoms with E-state index in [0.717, 1.165) is 25.9 Å². The highest BCUT2D eigenvalue weighted by Gasteiger charge is 2.22. The van der Waals surface area contributed by atoms with Gasteiger partial charge in [-0.15, -0.1) is 0 Å². The maximum absolute atomic E-state index is 11.9. The minimum atomic E-state index is -0.209. The van der Waals surface area contributed by atoms with E-state index in [0.29, 0.717) is 6.54 Å². The molecule has 0 bridgehead atoms. The molecule has 1 fully saturated rings. The van der Waals surface area contributed by atoms with E-state index in [1.807, 2.05) is 18.7 Å². The molecule has 1 saturated heterocycles. The summed E-state index contributed by atoms with van der Waals surface area (Å²) in [5.41, 5.74) is 5.57. The van der Waals surface area contributed by atoms with Crippen LogP contribution in [0.15, 0.2) is 0 Å². The Hall–Kier alpha value is -1.10. The van der Waals surface area contributed by atoms with E-state index in [1.54, 1.807) is 0 Å². The fourth-order valence-electron chi connectivity index (χ4n) is 2.23. The lowest BCUT2D eigenvalue weighted by molar-refractivity contribution is -0.134. The number of carbonyl (C=O) groups excluding carboxylic acids is 2. The first-order chi connectivity index (χ1) is 8.56. The second-order valence-electron chi connectivity index (χ2n) is 5.25. The zero-order valence-corrected chi connectivity index (χ0v) is 11.4. The highest BCUT2D eigenvalue weighted by molar-refractivity contribution is 5.86. The molecule has 1 aliphatic heterocycles. The van der Waals surface area contributed by atoms with Gasteiger partial charge >= 0.3 is 0 Å². The number of nitrogens with zero attached hydrogens (tertiary/aromatic N) is 1. The normalized spacial score (nSPS) is 17.7. The number of rotatable bonds is 5. The van der Waals surface area contributed by atoms with Crippen LogP contribution in [0.3, 0.4) is 0 Å². The van der Waals surface area contributed by atoms with Crippen molar-refractivity contribution < 1.29 is 9.59 Å². The average Bonchev–Trinajstić information content (AvgIpc) is 2.37. The van der Waals surface area contributed by atoms with Crippen LogP contribution in [0.4, 0.5) is 0 Å². The van der Waals surface area contributed by atoms with Gasteiger partial charge in [0, 0.05) is 19.6 Å². The second kappa shape index (κ2) is 7.36. The Balaban J connectivity index is 2.34. The van der Waals surface area contributed by atoms with Gasteiger partial charge in [0.1, 0.15) is 0 Å². The number of piperidine rings is 1. The van der Waals surface area contributed by atoms with Gasteiger partial charge in [-0.05, 0) is 25.2 Å². The molecule has 0 spiro atoms. The number of amides is 2. The summed E-state index contributed by atoms with van der Waals surface area (Å²) in [6, 6.07) is 0. The molecule has 3 N–H and O–H groups in total. The Morgan fingerprint density at radius 3 is 2.33 bits per heavy atom. The molecule has 5 nitrogen and oxygen atoms in total. The van der Waals surface area contributed by atoms with Gasteiger partial charge in [-0.3, -0.25) is 9.59 Å². The van der Waals surface area contributed by atoms with Crippen LogP contribution in [0.5, 0.6) is 0 Å². The molecule has 1 atom stereocenters. The smallest absolute Gasteiger partial charge is 0.241 e. The lowest BCUT2D eigenvalue weighted by atomic mass is 9.95. The van der Waals surface area contributed by atoms with E-state index in [4.69, 9.17) is 5.73 Å². The lowest BCUT2D eigenvalue weighted by Crippen LogP contribution is -2.45. The number of hydrogen-bond acceptors (Lipinski definition) is 3. The minimum Gasteiger partial charge on any atom is -0.347 e. The monoisotopic (exact) mass is 255 g/mol. The van der Waals surface area contributed by atoms with Crippen molar-refractivity contribution in [3.8, 4) is 0 Å². The molecular weight excluding hydrogens is 230 g/mol. The summed E-state index contributed by atoms with van der Waals surface area (Å²) < 4.78 is 0. The van der Waals surface area contributed by atoms with E-state index in [-0.39, 0.29) is 30.2 Å². The topological polar surface area (TPSA) is 75.4 Å². The van der Waals surface area contributed by atoms with Gasteiger partial charge in [-0.2, -0.15) is 0 Å². The molecule has 0 aromatic carbocycles. The third-order valence-corrected chi connectivity index (χ3v) is 3.52. The number of nitrogens with two attached hydrogens (primary N) is 1. The molecule has 5 heteroatoms. The molecule has 1 unspecified atom stereocenters. The van der Waals surface area contributed by atoms with Crippen LogP contribution in [-0.4, -0.2) is 42.9 Å². The van der Waals surface area contributed by atoms with Gasteiger partial charge in [0.25, 0.3) is 0 Å². The maximum atomic E-state index is 11.9. The number of nitrogens with one attached hydrogen (secondary N) is 1. The molecule has 1 aliphatic rings. The van der Waals surface area contributed by atoms with Crippen molar-refractivity contribution in [3.63, 3.8) is 0 Å². The first kappa shape index (κ1) is 15.0. The number of carbonyl (C=O) groups is 2. The minimum absolute atomic E-state index is 0.0163. The predicted octanol–water partition coefficient (Wildman–Crippen LogP) is 0.346. The fourth-order valence-corrected chi connectivity index (χ4v) is 2.23. The SMILES string of the molecule is CC(C)C(CN)C(=O)NCC(=O)N1CCCCC1. The Bertz CT molecular complexity index is 286. The number of likely N-dealkylation sites (tertiary alicyclic amines) is 1. The quantitative estimate of drug-likeness (QED) is 0.744. The van der Waals surface area contributed by atoms with Crippen molar-refractivity contribution in [2.45, 2.75) is 33.1 Å². The van der Waals surface area contributed by atoms with Gasteiger partial charge in [0.2, 0.25) is 11.8 Å². The van der Waals surface area contributed by atoms with E-state index >= 15 is 0 Å². The van der Waals surface area contributed by atoms with Crippen molar-refractivity contribution in [2.75, 3.05) is 26.2 Å². The fraction of sp³-hybridized carbons (Fsp3) is 0.846. The molecule has 0 saturated carbocycles. The van der Waals surface area contributed by atoms with Gasteiger partial charge in [-0.1, -0.05) is 13.8 Å². The van der Waals surface area contributed by atoms with E-state index in [2.05, 4.69) is 5.32 Å². The Kier molecular flexibility index (Phi) is 6.12. The summed E-state index contributed by atoms with van der Waals surface area (Å²) in [6.45, 7) is 5.98. The summed E-state index contributed by atoms with van der Waals surface area (Å²) in [4.78, 5) is 25.5. The van der Waals surface area contributed by atoms with Gasteiger partial charge in [-0.25, -0.2) is 0 Å². The van der Waals surface area contributed by atoms with Crippen molar-refractivity contribution in [2.24, 2.45) is 17.6 Å². The van der Waals surface area contributed by atoms with Crippen LogP contribution in [-0.2, 0) is 9.59 Å². The first-order valence-corrected chi connectivity index (χ1v) is 6.81. The molecule has 1 rings (SSSR count). The summed E-state index contributed by atoms with van der Waals surface area (Å²) in [5, 5.41) is 2.70. The number of hydrogen-bond donors (Lipinski definition) is 2.